The first kappa shape index (κ1) is 16.0. The molecule has 19 heavy (non-hydrogen) atoms. The molecule has 0 fully saturated rings. The van der Waals surface area contributed by atoms with E-state index >= 15 is 0 Å². The summed E-state index contributed by atoms with van der Waals surface area (Å²) in [5.74, 6) is 0. The van der Waals surface area contributed by atoms with E-state index < -0.39 is 0 Å². The second-order valence-corrected chi connectivity index (χ2v) is 5.48. The summed E-state index contributed by atoms with van der Waals surface area (Å²) in [6, 6.07) is 0.333. The summed E-state index contributed by atoms with van der Waals surface area (Å²) in [4.78, 5) is 12.0. The Kier molecular flexibility index (Phi) is 6.84. The fourth-order valence-corrected chi connectivity index (χ4v) is 2.28. The van der Waals surface area contributed by atoms with Crippen LogP contribution in [0.5, 0.6) is 0 Å². The quantitative estimate of drug-likeness (QED) is 0.586. The topological polar surface area (TPSA) is 46.9 Å². The summed E-state index contributed by atoms with van der Waals surface area (Å²) in [7, 11) is 0. The Morgan fingerprint density at radius 3 is 2.95 bits per heavy atom. The van der Waals surface area contributed by atoms with E-state index in [0.29, 0.717) is 17.1 Å². The second kappa shape index (κ2) is 8.15. The first-order valence-electron chi connectivity index (χ1n) is 6.73. The van der Waals surface area contributed by atoms with Crippen LogP contribution in [0.3, 0.4) is 0 Å². The van der Waals surface area contributed by atoms with Gasteiger partial charge in [0.15, 0.2) is 0 Å². The van der Waals surface area contributed by atoms with Crippen molar-refractivity contribution >= 4 is 21.6 Å². The van der Waals surface area contributed by atoms with Gasteiger partial charge in [-0.2, -0.15) is 5.10 Å². The van der Waals surface area contributed by atoms with Gasteiger partial charge in [-0.1, -0.05) is 32.3 Å². The molecule has 1 unspecified atom stereocenters. The maximum atomic E-state index is 12.0. The van der Waals surface area contributed by atoms with Crippen LogP contribution in [0.1, 0.15) is 39.5 Å². The van der Waals surface area contributed by atoms with Gasteiger partial charge in [0.1, 0.15) is 4.47 Å². The summed E-state index contributed by atoms with van der Waals surface area (Å²) < 4.78 is 1.91. The Bertz CT molecular complexity index is 470. The fourth-order valence-electron chi connectivity index (χ4n) is 1.86. The van der Waals surface area contributed by atoms with E-state index in [1.807, 2.05) is 0 Å². The summed E-state index contributed by atoms with van der Waals surface area (Å²) in [5, 5.41) is 7.45. The smallest absolute Gasteiger partial charge is 0.283 e. The molecular weight excluding hydrogens is 306 g/mol. The molecule has 1 heterocycles. The molecular formula is C14H22BrN3O. The number of unbranched alkanes of at least 4 members (excludes halogenated alkanes) is 2. The van der Waals surface area contributed by atoms with Crippen LogP contribution in [0.25, 0.3) is 0 Å². The Labute approximate surface area is 123 Å². The van der Waals surface area contributed by atoms with E-state index in [2.05, 4.69) is 46.8 Å². The van der Waals surface area contributed by atoms with Crippen molar-refractivity contribution < 1.29 is 0 Å². The van der Waals surface area contributed by atoms with Gasteiger partial charge in [0.05, 0.1) is 18.4 Å². The normalized spacial score (nSPS) is 12.2. The Hall–Kier alpha value is -1.10. The molecule has 1 atom stereocenters. The third-order valence-corrected chi connectivity index (χ3v) is 3.70. The molecule has 5 heteroatoms. The molecule has 0 aliphatic carbocycles. The highest BCUT2D eigenvalue weighted by Crippen LogP contribution is 2.18. The number of hydrogen-bond acceptors (Lipinski definition) is 3. The van der Waals surface area contributed by atoms with Crippen molar-refractivity contribution in [1.82, 2.24) is 9.78 Å². The van der Waals surface area contributed by atoms with Crippen molar-refractivity contribution in [2.75, 3.05) is 5.32 Å². The van der Waals surface area contributed by atoms with E-state index in [0.717, 1.165) is 12.1 Å². The molecule has 0 aliphatic rings. The van der Waals surface area contributed by atoms with Crippen LogP contribution in [0.15, 0.2) is 28.1 Å². The van der Waals surface area contributed by atoms with Crippen molar-refractivity contribution in [1.29, 1.82) is 0 Å². The maximum Gasteiger partial charge on any atom is 0.283 e. The minimum Gasteiger partial charge on any atom is -0.380 e. The van der Waals surface area contributed by atoms with Gasteiger partial charge in [-0.15, -0.1) is 6.58 Å². The van der Waals surface area contributed by atoms with Gasteiger partial charge >= 0.3 is 0 Å². The highest BCUT2D eigenvalue weighted by Gasteiger charge is 2.10. The van der Waals surface area contributed by atoms with E-state index in [-0.39, 0.29) is 5.56 Å². The molecule has 1 aromatic heterocycles. The predicted octanol–water partition coefficient (Wildman–Crippen LogP) is 3.57. The van der Waals surface area contributed by atoms with Crippen LogP contribution in [0.4, 0.5) is 5.69 Å². The van der Waals surface area contributed by atoms with Crippen LogP contribution in [-0.4, -0.2) is 15.8 Å². The zero-order valence-electron chi connectivity index (χ0n) is 11.7. The number of hydrogen-bond donors (Lipinski definition) is 1. The number of nitrogens with one attached hydrogen (secondary N) is 1. The summed E-state index contributed by atoms with van der Waals surface area (Å²) in [6.07, 6.45) is 8.09. The Morgan fingerprint density at radius 2 is 2.32 bits per heavy atom. The average molecular weight is 328 g/mol. The fraction of sp³-hybridized carbons (Fsp3) is 0.571. The number of allylic oxidation sites excluding steroid dienone is 1. The minimum atomic E-state index is -0.134. The molecule has 0 radical (unpaired) electrons. The lowest BCUT2D eigenvalue weighted by Crippen LogP contribution is -2.25. The van der Waals surface area contributed by atoms with E-state index in [9.17, 15) is 4.79 Å². The van der Waals surface area contributed by atoms with E-state index in [1.165, 1.54) is 23.9 Å². The highest BCUT2D eigenvalue weighted by molar-refractivity contribution is 9.10. The maximum absolute atomic E-state index is 12.0. The van der Waals surface area contributed by atoms with Crippen molar-refractivity contribution in [2.24, 2.45) is 0 Å². The van der Waals surface area contributed by atoms with Gasteiger partial charge in [0.25, 0.3) is 5.56 Å². The molecule has 0 spiro atoms. The molecule has 0 bridgehead atoms. The second-order valence-electron chi connectivity index (χ2n) is 4.69. The molecule has 106 valence electrons. The largest absolute Gasteiger partial charge is 0.380 e. The highest BCUT2D eigenvalue weighted by atomic mass is 79.9. The molecule has 1 rings (SSSR count). The van der Waals surface area contributed by atoms with Crippen LogP contribution in [0.2, 0.25) is 0 Å². The first-order chi connectivity index (χ1) is 9.10. The van der Waals surface area contributed by atoms with Crippen LogP contribution in [-0.2, 0) is 6.54 Å². The predicted molar refractivity (Wildman–Crippen MR) is 83.6 cm³/mol. The zero-order chi connectivity index (χ0) is 14.3. The molecule has 1 N–H and O–H groups in total. The zero-order valence-corrected chi connectivity index (χ0v) is 13.2. The van der Waals surface area contributed by atoms with Gasteiger partial charge in [-0.3, -0.25) is 4.79 Å². The average Bonchev–Trinajstić information content (AvgIpc) is 2.39. The molecule has 0 saturated carbocycles. The Balaban J connectivity index is 2.71. The number of anilines is 1. The third-order valence-electron chi connectivity index (χ3n) is 2.93. The third kappa shape index (κ3) is 4.82. The van der Waals surface area contributed by atoms with Crippen molar-refractivity contribution in [3.8, 4) is 0 Å². The SMILES string of the molecule is C=CCn1ncc(NC(C)CCCCC)c(Br)c1=O. The summed E-state index contributed by atoms with van der Waals surface area (Å²) >= 11 is 3.34. The minimum absolute atomic E-state index is 0.134. The number of nitrogens with zero attached hydrogens (tertiary/aromatic N) is 2. The molecule has 0 aliphatic heterocycles. The lowest BCUT2D eigenvalue weighted by molar-refractivity contribution is 0.611. The van der Waals surface area contributed by atoms with Gasteiger partial charge < -0.3 is 5.32 Å². The van der Waals surface area contributed by atoms with Gasteiger partial charge in [0.2, 0.25) is 0 Å². The standard InChI is InChI=1S/C14H22BrN3O/c1-4-6-7-8-11(3)17-12-10-16-18(9-5-2)14(19)13(12)15/h5,10-11,17H,2,4,6-9H2,1,3H3. The first-order valence-corrected chi connectivity index (χ1v) is 7.52. The van der Waals surface area contributed by atoms with Crippen molar-refractivity contribution in [2.45, 2.75) is 52.1 Å². The monoisotopic (exact) mass is 327 g/mol. The molecule has 0 amide bonds. The summed E-state index contributed by atoms with van der Waals surface area (Å²) in [5.41, 5.74) is 0.625. The summed E-state index contributed by atoms with van der Waals surface area (Å²) in [6.45, 7) is 8.34. The molecule has 0 saturated heterocycles. The van der Waals surface area contributed by atoms with Gasteiger partial charge in [0, 0.05) is 6.04 Å². The lowest BCUT2D eigenvalue weighted by atomic mass is 10.1. The van der Waals surface area contributed by atoms with Crippen molar-refractivity contribution in [3.63, 3.8) is 0 Å². The van der Waals surface area contributed by atoms with Gasteiger partial charge in [-0.05, 0) is 29.3 Å². The number of rotatable bonds is 8. The van der Waals surface area contributed by atoms with E-state index in [4.69, 9.17) is 0 Å². The lowest BCUT2D eigenvalue weighted by Gasteiger charge is -2.16. The Morgan fingerprint density at radius 1 is 1.58 bits per heavy atom. The van der Waals surface area contributed by atoms with Crippen LogP contribution in [0, 0.1) is 0 Å². The van der Waals surface area contributed by atoms with Crippen LogP contribution < -0.4 is 10.9 Å². The molecule has 1 aromatic rings. The van der Waals surface area contributed by atoms with Crippen molar-refractivity contribution in [3.05, 3.63) is 33.7 Å². The van der Waals surface area contributed by atoms with E-state index in [1.54, 1.807) is 12.3 Å². The number of halogens is 1. The number of aromatic nitrogens is 2. The van der Waals surface area contributed by atoms with Crippen LogP contribution >= 0.6 is 15.9 Å². The molecule has 0 aromatic carbocycles. The van der Waals surface area contributed by atoms with Gasteiger partial charge in [-0.25, -0.2) is 4.68 Å². The molecule has 4 nitrogen and oxygen atoms in total.